The molecule has 2 heterocycles. The van der Waals surface area contributed by atoms with Gasteiger partial charge < -0.3 is 15.0 Å². The number of hydrogen-bond donors (Lipinski definition) is 1. The third kappa shape index (κ3) is 5.49. The average Bonchev–Trinajstić information content (AvgIpc) is 2.74. The summed E-state index contributed by atoms with van der Waals surface area (Å²) in [6.07, 6.45) is 0. The van der Waals surface area contributed by atoms with Crippen LogP contribution in [0.25, 0.3) is 0 Å². The molecule has 0 aliphatic carbocycles. The number of urea groups is 1. The Labute approximate surface area is 177 Å². The first kappa shape index (κ1) is 22.9. The Kier molecular flexibility index (Phi) is 7.34. The van der Waals surface area contributed by atoms with Crippen LogP contribution in [0.1, 0.15) is 5.56 Å². The number of nitrogens with one attached hydrogen (secondary N) is 1. The van der Waals surface area contributed by atoms with Crippen LogP contribution in [0.4, 0.5) is 4.79 Å². The molecule has 2 fully saturated rings. The van der Waals surface area contributed by atoms with E-state index in [1.54, 1.807) is 24.3 Å². The fraction of sp³-hybridized carbons (Fsp3) is 0.611. The first-order valence-corrected chi connectivity index (χ1v) is 12.9. The lowest BCUT2D eigenvalue weighted by molar-refractivity contribution is 0.0730. The smallest absolute Gasteiger partial charge is 0.317 e. The normalized spacial score (nSPS) is 19.6. The monoisotopic (exact) mass is 460 g/mol. The Morgan fingerprint density at radius 2 is 1.53 bits per heavy atom. The van der Waals surface area contributed by atoms with Gasteiger partial charge in [0.25, 0.3) is 0 Å². The molecule has 10 nitrogen and oxygen atoms in total. The summed E-state index contributed by atoms with van der Waals surface area (Å²) in [6.45, 7) is 4.16. The van der Waals surface area contributed by atoms with Gasteiger partial charge in [0, 0.05) is 45.8 Å². The number of amides is 2. The molecule has 30 heavy (non-hydrogen) atoms. The van der Waals surface area contributed by atoms with Crippen molar-refractivity contribution in [1.82, 2.24) is 18.8 Å². The average molecular weight is 461 g/mol. The second-order valence-corrected chi connectivity index (χ2v) is 11.3. The Morgan fingerprint density at radius 1 is 0.933 bits per heavy atom. The maximum atomic E-state index is 12.7. The van der Waals surface area contributed by atoms with E-state index in [2.05, 4.69) is 5.32 Å². The summed E-state index contributed by atoms with van der Waals surface area (Å²) < 4.78 is 57.9. The highest BCUT2D eigenvalue weighted by Crippen LogP contribution is 2.18. The predicted molar refractivity (Wildman–Crippen MR) is 111 cm³/mol. The van der Waals surface area contributed by atoms with E-state index in [0.29, 0.717) is 26.3 Å². The van der Waals surface area contributed by atoms with Crippen LogP contribution in [-0.4, -0.2) is 101 Å². The highest BCUT2D eigenvalue weighted by atomic mass is 32.2. The number of ether oxygens (including phenoxy) is 1. The highest BCUT2D eigenvalue weighted by molar-refractivity contribution is 7.89. The number of piperazine rings is 1. The molecule has 0 aromatic heterocycles. The highest BCUT2D eigenvalue weighted by Gasteiger charge is 2.30. The molecule has 1 aromatic carbocycles. The number of sulfonamides is 2. The van der Waals surface area contributed by atoms with Gasteiger partial charge in [-0.1, -0.05) is 17.7 Å². The van der Waals surface area contributed by atoms with Gasteiger partial charge >= 0.3 is 6.03 Å². The summed E-state index contributed by atoms with van der Waals surface area (Å²) in [5.41, 5.74) is 0.978. The summed E-state index contributed by atoms with van der Waals surface area (Å²) in [5.74, 6) is -0.180. The Bertz CT molecular complexity index is 935. The fourth-order valence-corrected chi connectivity index (χ4v) is 6.09. The van der Waals surface area contributed by atoms with E-state index in [9.17, 15) is 21.6 Å². The number of rotatable bonds is 6. The molecule has 2 aliphatic heterocycles. The van der Waals surface area contributed by atoms with Gasteiger partial charge in [-0.2, -0.15) is 8.61 Å². The quantitative estimate of drug-likeness (QED) is 0.622. The summed E-state index contributed by atoms with van der Waals surface area (Å²) in [4.78, 5) is 14.1. The predicted octanol–water partition coefficient (Wildman–Crippen LogP) is -0.327. The van der Waals surface area contributed by atoms with Crippen molar-refractivity contribution in [2.45, 2.75) is 11.8 Å². The first-order chi connectivity index (χ1) is 14.2. The second kappa shape index (κ2) is 9.60. The van der Waals surface area contributed by atoms with Crippen LogP contribution in [0.3, 0.4) is 0 Å². The summed E-state index contributed by atoms with van der Waals surface area (Å²) >= 11 is 0. The van der Waals surface area contributed by atoms with Gasteiger partial charge in [-0.05, 0) is 19.1 Å². The SMILES string of the molecule is Cc1ccc(S(=O)(=O)N2CCN(C(=O)NCCS(=O)(=O)N3CCOCC3)CC2)cc1. The van der Waals surface area contributed by atoms with E-state index < -0.39 is 20.0 Å². The minimum Gasteiger partial charge on any atom is -0.379 e. The number of nitrogens with zero attached hydrogens (tertiary/aromatic N) is 3. The molecule has 168 valence electrons. The topological polar surface area (TPSA) is 116 Å². The van der Waals surface area contributed by atoms with Gasteiger partial charge in [0.2, 0.25) is 20.0 Å². The molecule has 1 N–H and O–H groups in total. The van der Waals surface area contributed by atoms with Crippen molar-refractivity contribution in [1.29, 1.82) is 0 Å². The van der Waals surface area contributed by atoms with Crippen LogP contribution >= 0.6 is 0 Å². The number of morpholine rings is 1. The number of benzene rings is 1. The molecule has 3 rings (SSSR count). The van der Waals surface area contributed by atoms with Crippen molar-refractivity contribution in [2.75, 3.05) is 64.8 Å². The van der Waals surface area contributed by atoms with Crippen molar-refractivity contribution >= 4 is 26.1 Å². The lowest BCUT2D eigenvalue weighted by Gasteiger charge is -2.34. The van der Waals surface area contributed by atoms with E-state index in [-0.39, 0.29) is 49.4 Å². The lowest BCUT2D eigenvalue weighted by Crippen LogP contribution is -2.53. The Hall–Kier alpha value is -1.73. The maximum Gasteiger partial charge on any atom is 0.317 e. The Morgan fingerprint density at radius 3 is 2.13 bits per heavy atom. The molecule has 0 atom stereocenters. The fourth-order valence-electron chi connectivity index (χ4n) is 3.34. The van der Waals surface area contributed by atoms with Crippen molar-refractivity contribution in [3.05, 3.63) is 29.8 Å². The summed E-state index contributed by atoms with van der Waals surface area (Å²) in [6, 6.07) is 6.28. The molecular weight excluding hydrogens is 432 g/mol. The zero-order chi connectivity index (χ0) is 21.8. The van der Waals surface area contributed by atoms with Gasteiger partial charge in [0.1, 0.15) is 0 Å². The number of aryl methyl sites for hydroxylation is 1. The molecule has 0 bridgehead atoms. The van der Waals surface area contributed by atoms with Crippen LogP contribution < -0.4 is 5.32 Å². The maximum absolute atomic E-state index is 12.7. The van der Waals surface area contributed by atoms with Crippen molar-refractivity contribution in [3.63, 3.8) is 0 Å². The van der Waals surface area contributed by atoms with Gasteiger partial charge in [-0.3, -0.25) is 0 Å². The second-order valence-electron chi connectivity index (χ2n) is 7.26. The van der Waals surface area contributed by atoms with E-state index in [0.717, 1.165) is 5.56 Å². The number of carbonyl (C=O) groups is 1. The van der Waals surface area contributed by atoms with Crippen LogP contribution in [-0.2, 0) is 24.8 Å². The molecule has 12 heteroatoms. The van der Waals surface area contributed by atoms with E-state index >= 15 is 0 Å². The van der Waals surface area contributed by atoms with E-state index in [4.69, 9.17) is 4.74 Å². The molecular formula is C18H28N4O6S2. The zero-order valence-electron chi connectivity index (χ0n) is 17.0. The minimum absolute atomic E-state index is 0.000400. The lowest BCUT2D eigenvalue weighted by atomic mass is 10.2. The molecule has 0 radical (unpaired) electrons. The van der Waals surface area contributed by atoms with Crippen LogP contribution in [0, 0.1) is 6.92 Å². The van der Waals surface area contributed by atoms with Gasteiger partial charge in [-0.15, -0.1) is 0 Å². The zero-order valence-corrected chi connectivity index (χ0v) is 18.6. The molecule has 0 saturated carbocycles. The van der Waals surface area contributed by atoms with E-state index in [1.165, 1.54) is 13.5 Å². The molecule has 2 aliphatic rings. The number of hydrogen-bond acceptors (Lipinski definition) is 6. The largest absolute Gasteiger partial charge is 0.379 e. The van der Waals surface area contributed by atoms with E-state index in [1.807, 2.05) is 6.92 Å². The Balaban J connectivity index is 1.46. The third-order valence-corrected chi connectivity index (χ3v) is 8.97. The molecule has 0 unspecified atom stereocenters. The third-order valence-electron chi connectivity index (χ3n) is 5.18. The van der Waals surface area contributed by atoms with Crippen molar-refractivity contribution in [2.24, 2.45) is 0 Å². The molecule has 0 spiro atoms. The minimum atomic E-state index is -3.60. The standard InChI is InChI=1S/C18H28N4O6S2/c1-16-2-4-17(5-3-16)30(26,27)22-9-7-20(8-10-22)18(23)19-6-15-29(24,25)21-11-13-28-14-12-21/h2-5H,6-15H2,1H3,(H,19,23). The molecule has 2 amide bonds. The van der Waals surface area contributed by atoms with Crippen LogP contribution in [0.15, 0.2) is 29.2 Å². The summed E-state index contributed by atoms with van der Waals surface area (Å²) in [5, 5.41) is 2.62. The van der Waals surface area contributed by atoms with Crippen molar-refractivity contribution < 1.29 is 26.4 Å². The van der Waals surface area contributed by atoms with Gasteiger partial charge in [-0.25, -0.2) is 21.6 Å². The van der Waals surface area contributed by atoms with Crippen LogP contribution in [0.5, 0.6) is 0 Å². The van der Waals surface area contributed by atoms with Gasteiger partial charge in [0.15, 0.2) is 0 Å². The molecule has 1 aromatic rings. The first-order valence-electron chi connectivity index (χ1n) is 9.85. The summed E-state index contributed by atoms with van der Waals surface area (Å²) in [7, 11) is -7.04. The molecule has 2 saturated heterocycles. The van der Waals surface area contributed by atoms with Gasteiger partial charge in [0.05, 0.1) is 23.9 Å². The van der Waals surface area contributed by atoms with Crippen LogP contribution in [0.2, 0.25) is 0 Å². The number of carbonyl (C=O) groups excluding carboxylic acids is 1. The van der Waals surface area contributed by atoms with Crippen molar-refractivity contribution in [3.8, 4) is 0 Å².